The van der Waals surface area contributed by atoms with E-state index in [4.69, 9.17) is 5.73 Å². The third-order valence-electron chi connectivity index (χ3n) is 3.77. The summed E-state index contributed by atoms with van der Waals surface area (Å²) in [5, 5.41) is 22.4. The van der Waals surface area contributed by atoms with E-state index in [-0.39, 0.29) is 17.0 Å². The van der Waals surface area contributed by atoms with Gasteiger partial charge in [-0.3, -0.25) is 4.79 Å². The van der Waals surface area contributed by atoms with E-state index in [1.165, 1.54) is 18.2 Å². The second-order valence-corrected chi connectivity index (χ2v) is 5.19. The van der Waals surface area contributed by atoms with Gasteiger partial charge in [0.2, 0.25) is 0 Å². The summed E-state index contributed by atoms with van der Waals surface area (Å²) in [5.74, 6) is -0.439. The van der Waals surface area contributed by atoms with Crippen molar-refractivity contribution in [2.45, 2.75) is 18.6 Å². The number of aliphatic hydroxyl groups excluding tert-OH is 1. The van der Waals surface area contributed by atoms with Crippen molar-refractivity contribution in [3.8, 4) is 5.75 Å². The van der Waals surface area contributed by atoms with Crippen LogP contribution in [-0.4, -0.2) is 22.2 Å². The number of fused-ring (bicyclic) bond motifs is 1. The maximum Gasteiger partial charge on any atom is 0.254 e. The van der Waals surface area contributed by atoms with Gasteiger partial charge in [-0.2, -0.15) is 0 Å². The first-order valence-electron chi connectivity index (χ1n) is 6.71. The zero-order valence-corrected chi connectivity index (χ0v) is 11.3. The van der Waals surface area contributed by atoms with E-state index in [2.05, 4.69) is 5.32 Å². The van der Waals surface area contributed by atoms with Gasteiger partial charge >= 0.3 is 0 Å². The number of carbonyl (C=O) groups is 1. The van der Waals surface area contributed by atoms with Gasteiger partial charge in [0.25, 0.3) is 5.91 Å². The van der Waals surface area contributed by atoms with E-state index in [1.54, 1.807) is 0 Å². The lowest BCUT2D eigenvalue weighted by molar-refractivity contribution is 0.0858. The minimum absolute atomic E-state index is 0.0262. The zero-order valence-electron chi connectivity index (χ0n) is 11.3. The fourth-order valence-electron chi connectivity index (χ4n) is 2.71. The molecule has 0 bridgehead atoms. The predicted molar refractivity (Wildman–Crippen MR) is 78.9 cm³/mol. The molecular weight excluding hydrogens is 268 g/mol. The summed E-state index contributed by atoms with van der Waals surface area (Å²) < 4.78 is 0. The molecule has 5 heteroatoms. The van der Waals surface area contributed by atoms with Gasteiger partial charge < -0.3 is 21.3 Å². The van der Waals surface area contributed by atoms with Crippen LogP contribution >= 0.6 is 0 Å². The van der Waals surface area contributed by atoms with Crippen LogP contribution in [0.5, 0.6) is 5.75 Å². The number of phenols is 1. The molecule has 0 aromatic heterocycles. The van der Waals surface area contributed by atoms with Gasteiger partial charge in [-0.05, 0) is 29.3 Å². The van der Waals surface area contributed by atoms with Crippen LogP contribution in [0, 0.1) is 0 Å². The molecule has 0 saturated heterocycles. The summed E-state index contributed by atoms with van der Waals surface area (Å²) in [6.45, 7) is 0. The van der Waals surface area contributed by atoms with E-state index < -0.39 is 18.1 Å². The SMILES string of the molecule is Nc1ccc(O)cc1C(=O)N[C@@H]1c2ccccc2C[C@@H]1O. The molecule has 3 rings (SSSR count). The van der Waals surface area contributed by atoms with E-state index in [0.717, 1.165) is 11.1 Å². The number of nitrogen functional groups attached to an aromatic ring is 1. The maximum atomic E-state index is 12.3. The second kappa shape index (κ2) is 5.10. The molecule has 1 aliphatic rings. The Morgan fingerprint density at radius 3 is 2.81 bits per heavy atom. The molecule has 0 unspecified atom stereocenters. The van der Waals surface area contributed by atoms with Crippen LogP contribution in [0.1, 0.15) is 27.5 Å². The quantitative estimate of drug-likeness (QED) is 0.494. The number of carbonyl (C=O) groups excluding carboxylic acids is 1. The Labute approximate surface area is 122 Å². The Kier molecular flexibility index (Phi) is 3.27. The lowest BCUT2D eigenvalue weighted by Gasteiger charge is -2.18. The Hall–Kier alpha value is -2.53. The number of anilines is 1. The van der Waals surface area contributed by atoms with Crippen LogP contribution in [-0.2, 0) is 6.42 Å². The van der Waals surface area contributed by atoms with Crippen LogP contribution in [0.4, 0.5) is 5.69 Å². The van der Waals surface area contributed by atoms with Gasteiger partial charge in [-0.15, -0.1) is 0 Å². The monoisotopic (exact) mass is 284 g/mol. The minimum atomic E-state index is -0.662. The molecular formula is C16H16N2O3. The van der Waals surface area contributed by atoms with Gasteiger partial charge in [0.05, 0.1) is 17.7 Å². The number of nitrogens with one attached hydrogen (secondary N) is 1. The largest absolute Gasteiger partial charge is 0.508 e. The predicted octanol–water partition coefficient (Wildman–Crippen LogP) is 1.36. The molecule has 5 N–H and O–H groups in total. The number of benzene rings is 2. The van der Waals surface area contributed by atoms with E-state index in [0.29, 0.717) is 6.42 Å². The van der Waals surface area contributed by atoms with Crippen molar-refractivity contribution >= 4 is 11.6 Å². The number of hydrogen-bond donors (Lipinski definition) is 4. The molecule has 0 heterocycles. The molecule has 0 spiro atoms. The fraction of sp³-hybridized carbons (Fsp3) is 0.188. The standard InChI is InChI=1S/C16H16N2O3/c17-13-6-5-10(19)8-12(13)16(21)18-15-11-4-2-1-3-9(11)7-14(15)20/h1-6,8,14-15,19-20H,7,17H2,(H,18,21)/t14-,15+/m0/s1. The van der Waals surface area contributed by atoms with Gasteiger partial charge in [-0.25, -0.2) is 0 Å². The topological polar surface area (TPSA) is 95.6 Å². The molecule has 2 aromatic rings. The average molecular weight is 284 g/mol. The van der Waals surface area contributed by atoms with Crippen LogP contribution in [0.2, 0.25) is 0 Å². The molecule has 0 aliphatic heterocycles. The van der Waals surface area contributed by atoms with Crippen molar-refractivity contribution in [1.29, 1.82) is 0 Å². The van der Waals surface area contributed by atoms with Crippen molar-refractivity contribution in [2.75, 3.05) is 5.73 Å². The third-order valence-corrected chi connectivity index (χ3v) is 3.77. The Morgan fingerprint density at radius 1 is 1.24 bits per heavy atom. The fourth-order valence-corrected chi connectivity index (χ4v) is 2.71. The first-order chi connectivity index (χ1) is 10.1. The molecule has 108 valence electrons. The Balaban J connectivity index is 1.87. The van der Waals surface area contributed by atoms with Gasteiger partial charge in [-0.1, -0.05) is 24.3 Å². The van der Waals surface area contributed by atoms with Crippen LogP contribution in [0.15, 0.2) is 42.5 Å². The van der Waals surface area contributed by atoms with Crippen molar-refractivity contribution in [1.82, 2.24) is 5.32 Å². The first kappa shape index (κ1) is 13.5. The molecule has 0 radical (unpaired) electrons. The summed E-state index contributed by atoms with van der Waals surface area (Å²) >= 11 is 0. The zero-order chi connectivity index (χ0) is 15.0. The highest BCUT2D eigenvalue weighted by atomic mass is 16.3. The highest BCUT2D eigenvalue weighted by Crippen LogP contribution is 2.31. The lowest BCUT2D eigenvalue weighted by Crippen LogP contribution is -2.34. The minimum Gasteiger partial charge on any atom is -0.508 e. The molecule has 2 atom stereocenters. The van der Waals surface area contributed by atoms with E-state index >= 15 is 0 Å². The third kappa shape index (κ3) is 2.43. The number of amides is 1. The maximum absolute atomic E-state index is 12.3. The molecule has 2 aromatic carbocycles. The second-order valence-electron chi connectivity index (χ2n) is 5.19. The smallest absolute Gasteiger partial charge is 0.254 e. The van der Waals surface area contributed by atoms with E-state index in [9.17, 15) is 15.0 Å². The van der Waals surface area contributed by atoms with Gasteiger partial charge in [0.1, 0.15) is 5.75 Å². The van der Waals surface area contributed by atoms with Crippen LogP contribution < -0.4 is 11.1 Å². The number of nitrogens with two attached hydrogens (primary N) is 1. The molecule has 0 saturated carbocycles. The van der Waals surface area contributed by atoms with E-state index in [1.807, 2.05) is 24.3 Å². The van der Waals surface area contributed by atoms with Crippen molar-refractivity contribution in [3.63, 3.8) is 0 Å². The number of hydrogen-bond acceptors (Lipinski definition) is 4. The van der Waals surface area contributed by atoms with Crippen molar-refractivity contribution in [3.05, 3.63) is 59.2 Å². The van der Waals surface area contributed by atoms with Crippen LogP contribution in [0.25, 0.3) is 0 Å². The molecule has 21 heavy (non-hydrogen) atoms. The molecule has 1 aliphatic carbocycles. The van der Waals surface area contributed by atoms with Gasteiger partial charge in [0, 0.05) is 12.1 Å². The number of aromatic hydroxyl groups is 1. The molecule has 0 fully saturated rings. The Morgan fingerprint density at radius 2 is 2.00 bits per heavy atom. The first-order valence-corrected chi connectivity index (χ1v) is 6.71. The lowest BCUT2D eigenvalue weighted by atomic mass is 10.1. The average Bonchev–Trinajstić information content (AvgIpc) is 2.78. The summed E-state index contributed by atoms with van der Waals surface area (Å²) in [4.78, 5) is 12.3. The molecule has 1 amide bonds. The number of aliphatic hydroxyl groups is 1. The summed E-state index contributed by atoms with van der Waals surface area (Å²) in [6, 6.07) is 11.4. The number of rotatable bonds is 2. The van der Waals surface area contributed by atoms with Crippen molar-refractivity contribution in [2.24, 2.45) is 0 Å². The summed E-state index contributed by atoms with van der Waals surface area (Å²) in [6.07, 6.45) is -0.152. The normalized spacial score (nSPS) is 20.0. The van der Waals surface area contributed by atoms with Crippen molar-refractivity contribution < 1.29 is 15.0 Å². The highest BCUT2D eigenvalue weighted by molar-refractivity contribution is 5.99. The highest BCUT2D eigenvalue weighted by Gasteiger charge is 2.32. The summed E-state index contributed by atoms with van der Waals surface area (Å²) in [5.41, 5.74) is 8.18. The van der Waals surface area contributed by atoms with Gasteiger partial charge in [0.15, 0.2) is 0 Å². The molecule has 5 nitrogen and oxygen atoms in total. The number of phenolic OH excluding ortho intramolecular Hbond substituents is 1. The Bertz CT molecular complexity index is 700. The summed E-state index contributed by atoms with van der Waals surface area (Å²) in [7, 11) is 0. The van der Waals surface area contributed by atoms with Crippen LogP contribution in [0.3, 0.4) is 0 Å².